The van der Waals surface area contributed by atoms with E-state index < -0.39 is 11.5 Å². The zero-order chi connectivity index (χ0) is 19.5. The molecule has 3 aromatic carbocycles. The zero-order valence-corrected chi connectivity index (χ0v) is 15.2. The van der Waals surface area contributed by atoms with Crippen molar-refractivity contribution < 1.29 is 9.53 Å². The SMILES string of the molecule is COc1cccc(NC(=O)c2c(-c3ccccc3)c3ccccc3[nH]c2=O)c1. The Bertz CT molecular complexity index is 1210. The molecule has 4 aromatic rings. The Morgan fingerprint density at radius 2 is 1.68 bits per heavy atom. The highest BCUT2D eigenvalue weighted by Crippen LogP contribution is 2.30. The summed E-state index contributed by atoms with van der Waals surface area (Å²) in [5.41, 5.74) is 2.30. The molecule has 4 rings (SSSR count). The van der Waals surface area contributed by atoms with E-state index in [1.165, 1.54) is 0 Å². The van der Waals surface area contributed by atoms with E-state index in [9.17, 15) is 9.59 Å². The minimum absolute atomic E-state index is 0.0766. The van der Waals surface area contributed by atoms with Gasteiger partial charge in [0.2, 0.25) is 0 Å². The fourth-order valence-electron chi connectivity index (χ4n) is 3.26. The van der Waals surface area contributed by atoms with Crippen LogP contribution in [0.15, 0.2) is 83.7 Å². The molecule has 0 aliphatic rings. The molecular formula is C23H18N2O3. The average molecular weight is 370 g/mol. The molecule has 1 heterocycles. The summed E-state index contributed by atoms with van der Waals surface area (Å²) in [6, 6.07) is 23.9. The van der Waals surface area contributed by atoms with Gasteiger partial charge >= 0.3 is 0 Å². The maximum atomic E-state index is 13.1. The maximum absolute atomic E-state index is 13.1. The molecule has 1 amide bonds. The topological polar surface area (TPSA) is 71.2 Å². The van der Waals surface area contributed by atoms with E-state index in [2.05, 4.69) is 10.3 Å². The maximum Gasteiger partial charge on any atom is 0.261 e. The monoisotopic (exact) mass is 370 g/mol. The lowest BCUT2D eigenvalue weighted by Gasteiger charge is -2.13. The Morgan fingerprint density at radius 3 is 2.46 bits per heavy atom. The number of fused-ring (bicyclic) bond motifs is 1. The van der Waals surface area contributed by atoms with Crippen molar-refractivity contribution in [3.8, 4) is 16.9 Å². The van der Waals surface area contributed by atoms with E-state index in [-0.39, 0.29) is 5.56 Å². The summed E-state index contributed by atoms with van der Waals surface area (Å²) < 4.78 is 5.20. The second kappa shape index (κ2) is 7.40. The Morgan fingerprint density at radius 1 is 0.929 bits per heavy atom. The fraction of sp³-hybridized carbons (Fsp3) is 0.0435. The first-order valence-corrected chi connectivity index (χ1v) is 8.83. The molecule has 0 fully saturated rings. The highest BCUT2D eigenvalue weighted by atomic mass is 16.5. The van der Waals surface area contributed by atoms with Gasteiger partial charge in [-0.1, -0.05) is 54.6 Å². The highest BCUT2D eigenvalue weighted by Gasteiger charge is 2.20. The number of aromatic amines is 1. The molecular weight excluding hydrogens is 352 g/mol. The van der Waals surface area contributed by atoms with Gasteiger partial charge in [0.05, 0.1) is 7.11 Å². The molecule has 0 aliphatic carbocycles. The van der Waals surface area contributed by atoms with Gasteiger partial charge in [-0.15, -0.1) is 0 Å². The third-order valence-corrected chi connectivity index (χ3v) is 4.54. The summed E-state index contributed by atoms with van der Waals surface area (Å²) in [6.45, 7) is 0. The van der Waals surface area contributed by atoms with E-state index in [1.807, 2.05) is 54.6 Å². The van der Waals surface area contributed by atoms with Crippen molar-refractivity contribution in [3.05, 3.63) is 94.8 Å². The van der Waals surface area contributed by atoms with Crippen molar-refractivity contribution in [2.24, 2.45) is 0 Å². The number of hydrogen-bond donors (Lipinski definition) is 2. The van der Waals surface area contributed by atoms with Crippen LogP contribution < -0.4 is 15.6 Å². The number of rotatable bonds is 4. The number of carbonyl (C=O) groups excluding carboxylic acids is 1. The molecule has 0 atom stereocenters. The number of anilines is 1. The van der Waals surface area contributed by atoms with Crippen LogP contribution in [0.1, 0.15) is 10.4 Å². The highest BCUT2D eigenvalue weighted by molar-refractivity contribution is 6.13. The molecule has 0 spiro atoms. The summed E-state index contributed by atoms with van der Waals surface area (Å²) in [5, 5.41) is 3.62. The Kier molecular flexibility index (Phi) is 4.64. The minimum Gasteiger partial charge on any atom is -0.497 e. The van der Waals surface area contributed by atoms with E-state index in [0.717, 1.165) is 10.9 Å². The van der Waals surface area contributed by atoms with Crippen molar-refractivity contribution in [2.45, 2.75) is 0 Å². The van der Waals surface area contributed by atoms with Crippen molar-refractivity contribution >= 4 is 22.5 Å². The standard InChI is InChI=1S/C23H18N2O3/c1-28-17-11-7-10-16(14-17)24-22(26)21-20(15-8-3-2-4-9-15)18-12-5-6-13-19(18)25-23(21)27/h2-14H,1H3,(H,24,26)(H,25,27). The molecule has 2 N–H and O–H groups in total. The van der Waals surface area contributed by atoms with Crippen molar-refractivity contribution in [3.63, 3.8) is 0 Å². The molecule has 0 saturated carbocycles. The van der Waals surface area contributed by atoms with Gasteiger partial charge in [0, 0.05) is 28.2 Å². The van der Waals surface area contributed by atoms with Gasteiger partial charge < -0.3 is 15.0 Å². The van der Waals surface area contributed by atoms with Gasteiger partial charge in [-0.3, -0.25) is 9.59 Å². The molecule has 0 radical (unpaired) electrons. The van der Waals surface area contributed by atoms with Gasteiger partial charge in [-0.2, -0.15) is 0 Å². The first kappa shape index (κ1) is 17.5. The molecule has 0 aliphatic heterocycles. The van der Waals surface area contributed by atoms with E-state index in [4.69, 9.17) is 4.74 Å². The number of ether oxygens (including phenoxy) is 1. The molecule has 28 heavy (non-hydrogen) atoms. The summed E-state index contributed by atoms with van der Waals surface area (Å²) in [7, 11) is 1.56. The number of pyridine rings is 1. The van der Waals surface area contributed by atoms with Gasteiger partial charge in [0.1, 0.15) is 11.3 Å². The van der Waals surface area contributed by atoms with Crippen LogP contribution in [0.3, 0.4) is 0 Å². The second-order valence-corrected chi connectivity index (χ2v) is 6.30. The number of methoxy groups -OCH3 is 1. The van der Waals surface area contributed by atoms with Crippen LogP contribution in [0.2, 0.25) is 0 Å². The lowest BCUT2D eigenvalue weighted by atomic mass is 9.95. The number of amides is 1. The summed E-state index contributed by atoms with van der Waals surface area (Å²) in [4.78, 5) is 28.8. The number of carbonyl (C=O) groups is 1. The van der Waals surface area contributed by atoms with Crippen LogP contribution in [0.25, 0.3) is 22.0 Å². The number of nitrogens with one attached hydrogen (secondary N) is 2. The van der Waals surface area contributed by atoms with Crippen molar-refractivity contribution in [1.29, 1.82) is 0 Å². The number of hydrogen-bond acceptors (Lipinski definition) is 3. The lowest BCUT2D eigenvalue weighted by molar-refractivity contribution is 0.102. The van der Waals surface area contributed by atoms with Crippen LogP contribution in [-0.2, 0) is 0 Å². The number of aromatic nitrogens is 1. The van der Waals surface area contributed by atoms with Crippen LogP contribution in [-0.4, -0.2) is 18.0 Å². The van der Waals surface area contributed by atoms with Crippen molar-refractivity contribution in [1.82, 2.24) is 4.98 Å². The number of benzene rings is 3. The third-order valence-electron chi connectivity index (χ3n) is 4.54. The number of para-hydroxylation sites is 1. The molecule has 0 bridgehead atoms. The van der Waals surface area contributed by atoms with Crippen LogP contribution in [0.5, 0.6) is 5.75 Å². The first-order chi connectivity index (χ1) is 13.7. The van der Waals surface area contributed by atoms with Gasteiger partial charge in [-0.25, -0.2) is 0 Å². The lowest BCUT2D eigenvalue weighted by Crippen LogP contribution is -2.24. The molecule has 5 nitrogen and oxygen atoms in total. The molecule has 5 heteroatoms. The quantitative estimate of drug-likeness (QED) is 0.557. The fourth-order valence-corrected chi connectivity index (χ4v) is 3.26. The normalized spacial score (nSPS) is 10.6. The molecule has 0 saturated heterocycles. The predicted molar refractivity (Wildman–Crippen MR) is 111 cm³/mol. The average Bonchev–Trinajstić information content (AvgIpc) is 2.73. The summed E-state index contributed by atoms with van der Waals surface area (Å²) >= 11 is 0. The second-order valence-electron chi connectivity index (χ2n) is 6.30. The molecule has 1 aromatic heterocycles. The largest absolute Gasteiger partial charge is 0.497 e. The smallest absolute Gasteiger partial charge is 0.261 e. The Labute approximate surface area is 161 Å². The summed E-state index contributed by atoms with van der Waals surface area (Å²) in [6.07, 6.45) is 0. The Balaban J connectivity index is 1.89. The van der Waals surface area contributed by atoms with Crippen LogP contribution in [0.4, 0.5) is 5.69 Å². The van der Waals surface area contributed by atoms with Gasteiger partial charge in [0.15, 0.2) is 0 Å². The van der Waals surface area contributed by atoms with Crippen molar-refractivity contribution in [2.75, 3.05) is 12.4 Å². The Hall–Kier alpha value is -3.86. The van der Waals surface area contributed by atoms with Crippen LogP contribution >= 0.6 is 0 Å². The zero-order valence-electron chi connectivity index (χ0n) is 15.2. The van der Waals surface area contributed by atoms with E-state index >= 15 is 0 Å². The van der Waals surface area contributed by atoms with E-state index in [1.54, 1.807) is 31.4 Å². The number of H-pyrrole nitrogens is 1. The molecule has 138 valence electrons. The molecule has 0 unspecified atom stereocenters. The third kappa shape index (κ3) is 3.25. The van der Waals surface area contributed by atoms with Gasteiger partial charge in [0.25, 0.3) is 11.5 Å². The first-order valence-electron chi connectivity index (χ1n) is 8.83. The summed E-state index contributed by atoms with van der Waals surface area (Å²) in [5.74, 6) is 0.146. The minimum atomic E-state index is -0.473. The predicted octanol–water partition coefficient (Wildman–Crippen LogP) is 4.46. The van der Waals surface area contributed by atoms with Crippen LogP contribution in [0, 0.1) is 0 Å². The van der Waals surface area contributed by atoms with E-state index in [0.29, 0.717) is 22.5 Å². The van der Waals surface area contributed by atoms with Gasteiger partial charge in [-0.05, 0) is 23.8 Å².